The van der Waals surface area contributed by atoms with E-state index in [0.29, 0.717) is 0 Å². The molecule has 0 aromatic rings. The van der Waals surface area contributed by atoms with Gasteiger partial charge in [-0.3, -0.25) is 0 Å². The lowest BCUT2D eigenvalue weighted by Gasteiger charge is -2.26. The summed E-state index contributed by atoms with van der Waals surface area (Å²) in [7, 11) is 0. The summed E-state index contributed by atoms with van der Waals surface area (Å²) in [4.78, 5) is 0. The summed E-state index contributed by atoms with van der Waals surface area (Å²) >= 11 is 1.82. The predicted octanol–water partition coefficient (Wildman–Crippen LogP) is 1.09. The summed E-state index contributed by atoms with van der Waals surface area (Å²) in [6, 6.07) is 0. The van der Waals surface area contributed by atoms with E-state index in [9.17, 15) is 0 Å². The second-order valence-corrected chi connectivity index (χ2v) is 2.29. The van der Waals surface area contributed by atoms with Gasteiger partial charge in [0.15, 0.2) is 0 Å². The molecule has 1 saturated heterocycles. The average Bonchev–Trinajstić information content (AvgIpc) is 1.31. The lowest BCUT2D eigenvalue weighted by Crippen LogP contribution is -2.22. The third-order valence-electron chi connectivity index (χ3n) is 0.772. The Kier molecular flexibility index (Phi) is 1.05. The Balaban J connectivity index is 2.16. The first-order valence-corrected chi connectivity index (χ1v) is 2.90. The maximum atomic E-state index is 3.59. The summed E-state index contributed by atoms with van der Waals surface area (Å²) in [5.74, 6) is 1.27. The van der Waals surface area contributed by atoms with Gasteiger partial charge >= 0.3 is 0 Å². The van der Waals surface area contributed by atoms with Gasteiger partial charge in [0.05, 0.1) is 0 Å². The minimum atomic E-state index is 1.19. The minimum Gasteiger partial charge on any atom is -0.323 e. The lowest BCUT2D eigenvalue weighted by atomic mass is 10.7. The molecule has 0 radical (unpaired) electrons. The van der Waals surface area contributed by atoms with E-state index in [4.69, 9.17) is 0 Å². The molecule has 2 heteroatoms. The van der Waals surface area contributed by atoms with Crippen molar-refractivity contribution in [3.8, 4) is 0 Å². The van der Waals surface area contributed by atoms with Crippen molar-refractivity contribution in [2.24, 2.45) is 0 Å². The number of rotatable bonds is 1. The molecule has 1 aliphatic heterocycles. The molecule has 0 spiro atoms. The molecule has 1 heterocycles. The third kappa shape index (κ3) is 0.522. The van der Waals surface area contributed by atoms with Gasteiger partial charge in [0.2, 0.25) is 0 Å². The van der Waals surface area contributed by atoms with Crippen LogP contribution in [0.4, 0.5) is 0 Å². The number of nitrogens with zero attached hydrogens (tertiary/aromatic N) is 1. The Hall–Kier alpha value is -0.110. The maximum absolute atomic E-state index is 3.59. The zero-order valence-electron chi connectivity index (χ0n) is 3.55. The molecule has 0 amide bonds. The summed E-state index contributed by atoms with van der Waals surface area (Å²) in [5.41, 5.74) is 0. The smallest absolute Gasteiger partial charge is 0.0397 e. The zero-order valence-corrected chi connectivity index (χ0v) is 4.37. The Morgan fingerprint density at radius 3 is 2.50 bits per heavy atom. The number of hydrogen-bond donors (Lipinski definition) is 0. The Bertz CT molecular complexity index is 58.6. The second-order valence-electron chi connectivity index (χ2n) is 1.16. The quantitative estimate of drug-likeness (QED) is 0.455. The van der Waals surface area contributed by atoms with Gasteiger partial charge in [0.1, 0.15) is 0 Å². The molecule has 0 aromatic heterocycles. The van der Waals surface area contributed by atoms with E-state index >= 15 is 0 Å². The Morgan fingerprint density at radius 2 is 2.50 bits per heavy atom. The van der Waals surface area contributed by atoms with Crippen molar-refractivity contribution in [1.82, 2.24) is 4.31 Å². The molecule has 0 unspecified atom stereocenters. The van der Waals surface area contributed by atoms with Gasteiger partial charge in [-0.2, -0.15) is 0 Å². The highest BCUT2D eigenvalue weighted by atomic mass is 32.2. The van der Waals surface area contributed by atoms with Gasteiger partial charge in [0, 0.05) is 18.5 Å². The monoisotopic (exact) mass is 101 g/mol. The topological polar surface area (TPSA) is 3.24 Å². The first kappa shape index (κ1) is 4.06. The molecule has 0 saturated carbocycles. The molecule has 1 aliphatic rings. The van der Waals surface area contributed by atoms with E-state index in [0.717, 1.165) is 0 Å². The fourth-order valence-corrected chi connectivity index (χ4v) is 0.839. The molecule has 0 aliphatic carbocycles. The van der Waals surface area contributed by atoms with E-state index in [1.165, 1.54) is 12.3 Å². The average molecular weight is 101 g/mol. The van der Waals surface area contributed by atoms with Gasteiger partial charge in [-0.15, -0.1) is 0 Å². The molecule has 34 valence electrons. The molecule has 0 N–H and O–H groups in total. The highest BCUT2D eigenvalue weighted by molar-refractivity contribution is 7.98. The van der Waals surface area contributed by atoms with Crippen LogP contribution in [-0.4, -0.2) is 16.6 Å². The third-order valence-corrected chi connectivity index (χ3v) is 1.80. The van der Waals surface area contributed by atoms with Crippen LogP contribution in [0.1, 0.15) is 0 Å². The van der Waals surface area contributed by atoms with E-state index in [1.807, 2.05) is 18.1 Å². The van der Waals surface area contributed by atoms with E-state index in [2.05, 4.69) is 10.9 Å². The molecule has 6 heavy (non-hydrogen) atoms. The summed E-state index contributed by atoms with van der Waals surface area (Å²) < 4.78 is 2.11. The van der Waals surface area contributed by atoms with Crippen LogP contribution in [0.5, 0.6) is 0 Å². The van der Waals surface area contributed by atoms with Crippen LogP contribution >= 0.6 is 11.9 Å². The fourth-order valence-electron chi connectivity index (χ4n) is 0.341. The normalized spacial score (nSPS) is 19.7. The van der Waals surface area contributed by atoms with Crippen molar-refractivity contribution >= 4 is 11.9 Å². The molecule has 0 aromatic carbocycles. The van der Waals surface area contributed by atoms with Crippen LogP contribution in [0.2, 0.25) is 0 Å². The van der Waals surface area contributed by atoms with Gasteiger partial charge in [-0.05, 0) is 11.9 Å². The molecular formula is C4H7NS. The standard InChI is InChI=1S/C4H7NS/c1-2-5-3-4-6-5/h2H,1,3-4H2. The highest BCUT2D eigenvalue weighted by Gasteiger charge is 2.07. The first-order chi connectivity index (χ1) is 2.93. The van der Waals surface area contributed by atoms with Gasteiger partial charge in [-0.25, -0.2) is 0 Å². The van der Waals surface area contributed by atoms with Crippen LogP contribution in [0.25, 0.3) is 0 Å². The minimum absolute atomic E-state index is 1.19. The summed E-state index contributed by atoms with van der Waals surface area (Å²) in [6.07, 6.45) is 1.86. The fraction of sp³-hybridized carbons (Fsp3) is 0.500. The molecule has 1 fully saturated rings. The predicted molar refractivity (Wildman–Crippen MR) is 29.4 cm³/mol. The summed E-state index contributed by atoms with van der Waals surface area (Å²) in [5, 5.41) is 0. The number of hydrogen-bond acceptors (Lipinski definition) is 2. The first-order valence-electron chi connectivity index (χ1n) is 1.95. The van der Waals surface area contributed by atoms with Crippen molar-refractivity contribution in [2.75, 3.05) is 12.3 Å². The molecule has 1 nitrogen and oxygen atoms in total. The molecule has 1 rings (SSSR count). The van der Waals surface area contributed by atoms with E-state index in [1.54, 1.807) is 0 Å². The Morgan fingerprint density at radius 1 is 1.83 bits per heavy atom. The van der Waals surface area contributed by atoms with Crippen molar-refractivity contribution in [3.05, 3.63) is 12.8 Å². The van der Waals surface area contributed by atoms with Crippen LogP contribution in [-0.2, 0) is 0 Å². The van der Waals surface area contributed by atoms with Crippen molar-refractivity contribution < 1.29 is 0 Å². The van der Waals surface area contributed by atoms with Crippen molar-refractivity contribution in [2.45, 2.75) is 0 Å². The van der Waals surface area contributed by atoms with Crippen molar-refractivity contribution in [1.29, 1.82) is 0 Å². The van der Waals surface area contributed by atoms with E-state index < -0.39 is 0 Å². The maximum Gasteiger partial charge on any atom is 0.0397 e. The van der Waals surface area contributed by atoms with Crippen LogP contribution in [0.3, 0.4) is 0 Å². The molecule has 0 atom stereocenters. The zero-order chi connectivity index (χ0) is 4.41. The van der Waals surface area contributed by atoms with E-state index in [-0.39, 0.29) is 0 Å². The van der Waals surface area contributed by atoms with Crippen LogP contribution in [0, 0.1) is 0 Å². The lowest BCUT2D eigenvalue weighted by molar-refractivity contribution is 0.617. The largest absolute Gasteiger partial charge is 0.323 e. The van der Waals surface area contributed by atoms with Crippen LogP contribution in [0.15, 0.2) is 12.8 Å². The molecular weight excluding hydrogens is 94.1 g/mol. The molecule has 0 bridgehead atoms. The SMILES string of the molecule is C=CN1CCS1. The summed E-state index contributed by atoms with van der Waals surface area (Å²) in [6.45, 7) is 4.78. The Labute approximate surface area is 42.2 Å². The van der Waals surface area contributed by atoms with Crippen LogP contribution < -0.4 is 0 Å². The van der Waals surface area contributed by atoms with Gasteiger partial charge in [0.25, 0.3) is 0 Å². The highest BCUT2D eigenvalue weighted by Crippen LogP contribution is 2.19. The van der Waals surface area contributed by atoms with Gasteiger partial charge < -0.3 is 4.31 Å². The van der Waals surface area contributed by atoms with Gasteiger partial charge in [-0.1, -0.05) is 6.58 Å². The van der Waals surface area contributed by atoms with Crippen molar-refractivity contribution in [3.63, 3.8) is 0 Å². The second kappa shape index (κ2) is 1.56.